The maximum Gasteiger partial charge on any atom is 0.226 e. The third-order valence-corrected chi connectivity index (χ3v) is 5.83. The van der Waals surface area contributed by atoms with Gasteiger partial charge in [-0.25, -0.2) is 0 Å². The molecule has 2 aliphatic rings. The average Bonchev–Trinajstić information content (AvgIpc) is 2.96. The van der Waals surface area contributed by atoms with Crippen molar-refractivity contribution in [2.24, 2.45) is 5.92 Å². The van der Waals surface area contributed by atoms with Gasteiger partial charge in [0, 0.05) is 18.5 Å². The minimum absolute atomic E-state index is 0.158. The molecule has 1 aliphatic heterocycles. The van der Waals surface area contributed by atoms with Crippen LogP contribution < -0.4 is 5.46 Å². The van der Waals surface area contributed by atoms with E-state index < -0.39 is 0 Å². The Hall–Kier alpha value is -1.77. The van der Waals surface area contributed by atoms with Crippen LogP contribution in [-0.2, 0) is 11.2 Å². The number of carbonyl (C=O) groups is 1. The van der Waals surface area contributed by atoms with Crippen molar-refractivity contribution in [3.63, 3.8) is 0 Å². The molecule has 0 N–H and O–H groups in total. The minimum Gasteiger partial charge on any atom is -0.339 e. The summed E-state index contributed by atoms with van der Waals surface area (Å²) in [5, 5.41) is 2.27. The molecule has 1 atom stereocenters. The van der Waals surface area contributed by atoms with Crippen molar-refractivity contribution in [3.05, 3.63) is 42.0 Å². The van der Waals surface area contributed by atoms with Crippen molar-refractivity contribution >= 4 is 30.0 Å². The van der Waals surface area contributed by atoms with Crippen LogP contribution in [0.4, 0.5) is 0 Å². The molecule has 1 saturated heterocycles. The van der Waals surface area contributed by atoms with Crippen molar-refractivity contribution < 1.29 is 4.79 Å². The molecule has 4 rings (SSSR count). The Bertz CT molecular complexity index is 751. The number of hydrogen-bond acceptors (Lipinski definition) is 1. The van der Waals surface area contributed by atoms with Crippen molar-refractivity contribution in [1.29, 1.82) is 0 Å². The highest BCUT2D eigenvalue weighted by Gasteiger charge is 2.36. The third-order valence-electron chi connectivity index (χ3n) is 5.83. The van der Waals surface area contributed by atoms with Gasteiger partial charge in [0.2, 0.25) is 5.91 Å². The summed E-state index contributed by atoms with van der Waals surface area (Å²) in [5.74, 6) is 0.542. The zero-order valence-electron chi connectivity index (χ0n) is 14.2. The van der Waals surface area contributed by atoms with E-state index in [1.54, 1.807) is 0 Å². The molecule has 2 aromatic carbocycles. The number of hydrogen-bond donors (Lipinski definition) is 0. The van der Waals surface area contributed by atoms with Crippen LogP contribution in [0.25, 0.3) is 10.8 Å². The molecular formula is C21H24BNO. The Morgan fingerprint density at radius 3 is 2.71 bits per heavy atom. The molecule has 1 amide bonds. The number of carbonyl (C=O) groups excluding carboxylic acids is 1. The number of benzene rings is 2. The van der Waals surface area contributed by atoms with Gasteiger partial charge >= 0.3 is 0 Å². The lowest BCUT2D eigenvalue weighted by atomic mass is 9.88. The van der Waals surface area contributed by atoms with E-state index in [-0.39, 0.29) is 5.92 Å². The first-order valence-corrected chi connectivity index (χ1v) is 9.30. The molecule has 2 radical (unpaired) electrons. The van der Waals surface area contributed by atoms with Crippen LogP contribution in [0.1, 0.15) is 44.1 Å². The fourth-order valence-electron chi connectivity index (χ4n) is 4.48. The van der Waals surface area contributed by atoms with E-state index in [0.717, 1.165) is 30.2 Å². The second-order valence-corrected chi connectivity index (χ2v) is 7.42. The molecule has 0 spiro atoms. The maximum absolute atomic E-state index is 12.8. The summed E-state index contributed by atoms with van der Waals surface area (Å²) < 4.78 is 0. The molecule has 2 fully saturated rings. The summed E-state index contributed by atoms with van der Waals surface area (Å²) in [6.45, 7) is 0.953. The van der Waals surface area contributed by atoms with E-state index in [4.69, 9.17) is 7.85 Å². The van der Waals surface area contributed by atoms with Crippen LogP contribution in [0.5, 0.6) is 0 Å². The van der Waals surface area contributed by atoms with Gasteiger partial charge in [-0.05, 0) is 42.0 Å². The molecule has 0 aromatic heterocycles. The van der Waals surface area contributed by atoms with Gasteiger partial charge in [0.15, 0.2) is 0 Å². The largest absolute Gasteiger partial charge is 0.339 e. The smallest absolute Gasteiger partial charge is 0.226 e. The Labute approximate surface area is 145 Å². The van der Waals surface area contributed by atoms with E-state index in [2.05, 4.69) is 29.2 Å². The quantitative estimate of drug-likeness (QED) is 0.795. The van der Waals surface area contributed by atoms with Gasteiger partial charge in [-0.15, -0.1) is 0 Å². The van der Waals surface area contributed by atoms with E-state index >= 15 is 0 Å². The van der Waals surface area contributed by atoms with Gasteiger partial charge in [0.1, 0.15) is 7.85 Å². The zero-order valence-corrected chi connectivity index (χ0v) is 14.2. The standard InChI is InChI=1S/C21H24BNO/c22-20-8-4-5-16-13-15(9-10-19(16)20)14-17-11-12-23(21(17)24)18-6-2-1-3-7-18/h4-5,8-10,13,17-18H,1-3,6-7,11-12,14H2. The van der Waals surface area contributed by atoms with Crippen molar-refractivity contribution in [2.75, 3.05) is 6.54 Å². The van der Waals surface area contributed by atoms with Gasteiger partial charge in [0.25, 0.3) is 0 Å². The number of rotatable bonds is 3. The summed E-state index contributed by atoms with van der Waals surface area (Å²) in [6.07, 6.45) is 8.16. The number of amides is 1. The monoisotopic (exact) mass is 317 g/mol. The molecule has 0 bridgehead atoms. The number of nitrogens with zero attached hydrogens (tertiary/aromatic N) is 1. The third kappa shape index (κ3) is 2.97. The van der Waals surface area contributed by atoms with E-state index in [0.29, 0.717) is 11.9 Å². The van der Waals surface area contributed by atoms with E-state index in [9.17, 15) is 4.79 Å². The Morgan fingerprint density at radius 2 is 1.88 bits per heavy atom. The Morgan fingerprint density at radius 1 is 1.04 bits per heavy atom. The highest BCUT2D eigenvalue weighted by atomic mass is 16.2. The molecule has 3 heteroatoms. The van der Waals surface area contributed by atoms with Gasteiger partial charge in [-0.2, -0.15) is 0 Å². The number of likely N-dealkylation sites (tertiary alicyclic amines) is 1. The van der Waals surface area contributed by atoms with Crippen LogP contribution in [-0.4, -0.2) is 31.2 Å². The lowest BCUT2D eigenvalue weighted by Gasteiger charge is -2.31. The first-order chi connectivity index (χ1) is 11.7. The fourth-order valence-corrected chi connectivity index (χ4v) is 4.48. The van der Waals surface area contributed by atoms with Crippen LogP contribution in [0, 0.1) is 5.92 Å². The molecule has 2 nitrogen and oxygen atoms in total. The topological polar surface area (TPSA) is 20.3 Å². The normalized spacial score (nSPS) is 22.4. The van der Waals surface area contributed by atoms with E-state index in [1.807, 2.05) is 12.1 Å². The average molecular weight is 317 g/mol. The second kappa shape index (κ2) is 6.62. The fraction of sp³-hybridized carbons (Fsp3) is 0.476. The molecule has 2 aromatic rings. The number of fused-ring (bicyclic) bond motifs is 1. The Kier molecular flexibility index (Phi) is 4.34. The summed E-state index contributed by atoms with van der Waals surface area (Å²) >= 11 is 0. The van der Waals surface area contributed by atoms with Gasteiger partial charge in [-0.3, -0.25) is 4.79 Å². The highest BCUT2D eigenvalue weighted by Crippen LogP contribution is 2.30. The second-order valence-electron chi connectivity index (χ2n) is 7.42. The summed E-state index contributed by atoms with van der Waals surface area (Å²) in [5.41, 5.74) is 2.07. The van der Waals surface area contributed by atoms with E-state index in [1.165, 1.54) is 43.1 Å². The lowest BCUT2D eigenvalue weighted by molar-refractivity contribution is -0.133. The molecule has 24 heavy (non-hydrogen) atoms. The van der Waals surface area contributed by atoms with Crippen LogP contribution in [0.3, 0.4) is 0 Å². The summed E-state index contributed by atoms with van der Waals surface area (Å²) in [4.78, 5) is 15.0. The highest BCUT2D eigenvalue weighted by molar-refractivity contribution is 6.38. The summed E-state index contributed by atoms with van der Waals surface area (Å²) in [7, 11) is 6.03. The van der Waals surface area contributed by atoms with Crippen molar-refractivity contribution in [2.45, 2.75) is 51.0 Å². The Balaban J connectivity index is 1.48. The molecule has 1 heterocycles. The first-order valence-electron chi connectivity index (χ1n) is 9.30. The lowest BCUT2D eigenvalue weighted by Crippen LogP contribution is -2.39. The van der Waals surface area contributed by atoms with Gasteiger partial charge in [0.05, 0.1) is 0 Å². The summed E-state index contributed by atoms with van der Waals surface area (Å²) in [6, 6.07) is 13.0. The van der Waals surface area contributed by atoms with Crippen LogP contribution >= 0.6 is 0 Å². The SMILES string of the molecule is [B]c1cccc2cc(CC3CCN(C4CCCCC4)C3=O)ccc12. The maximum atomic E-state index is 12.8. The zero-order chi connectivity index (χ0) is 16.5. The predicted molar refractivity (Wildman–Crippen MR) is 99.7 cm³/mol. The molecular weight excluding hydrogens is 293 g/mol. The molecule has 1 aliphatic carbocycles. The van der Waals surface area contributed by atoms with Crippen molar-refractivity contribution in [1.82, 2.24) is 4.90 Å². The molecule has 1 saturated carbocycles. The van der Waals surface area contributed by atoms with Crippen molar-refractivity contribution in [3.8, 4) is 0 Å². The molecule has 1 unspecified atom stereocenters. The predicted octanol–water partition coefficient (Wildman–Crippen LogP) is 3.36. The minimum atomic E-state index is 0.158. The molecule has 122 valence electrons. The van der Waals surface area contributed by atoms with Crippen LogP contribution in [0.2, 0.25) is 0 Å². The van der Waals surface area contributed by atoms with Gasteiger partial charge < -0.3 is 4.90 Å². The van der Waals surface area contributed by atoms with Gasteiger partial charge in [-0.1, -0.05) is 61.1 Å². The first kappa shape index (κ1) is 15.7. The van der Waals surface area contributed by atoms with Crippen LogP contribution in [0.15, 0.2) is 36.4 Å².